The van der Waals surface area contributed by atoms with Crippen LogP contribution in [-0.4, -0.2) is 11.4 Å². The SMILES string of the molecule is CCC(C)(N)C(=O)Nc1ccc2c(c1)Cc1ccccc1-2. The van der Waals surface area contributed by atoms with E-state index in [0.717, 1.165) is 12.1 Å². The molecule has 0 saturated heterocycles. The van der Waals surface area contributed by atoms with Crippen LogP contribution in [-0.2, 0) is 11.2 Å². The lowest BCUT2D eigenvalue weighted by atomic mass is 9.99. The Morgan fingerprint density at radius 3 is 2.67 bits per heavy atom. The Hall–Kier alpha value is -2.13. The summed E-state index contributed by atoms with van der Waals surface area (Å²) in [4.78, 5) is 12.1. The topological polar surface area (TPSA) is 55.1 Å². The second-order valence-corrected chi connectivity index (χ2v) is 5.93. The van der Waals surface area contributed by atoms with Gasteiger partial charge in [-0.05, 0) is 54.2 Å². The van der Waals surface area contributed by atoms with Gasteiger partial charge in [0.15, 0.2) is 0 Å². The van der Waals surface area contributed by atoms with Crippen molar-refractivity contribution in [3.8, 4) is 11.1 Å². The van der Waals surface area contributed by atoms with Gasteiger partial charge >= 0.3 is 0 Å². The van der Waals surface area contributed by atoms with Gasteiger partial charge < -0.3 is 11.1 Å². The number of benzene rings is 2. The third-order valence-electron chi connectivity index (χ3n) is 4.30. The molecule has 0 aliphatic heterocycles. The van der Waals surface area contributed by atoms with Crippen molar-refractivity contribution in [2.45, 2.75) is 32.2 Å². The first-order valence-electron chi connectivity index (χ1n) is 7.33. The Kier molecular flexibility index (Phi) is 3.30. The highest BCUT2D eigenvalue weighted by atomic mass is 16.2. The van der Waals surface area contributed by atoms with Gasteiger partial charge in [0.2, 0.25) is 5.91 Å². The lowest BCUT2D eigenvalue weighted by Crippen LogP contribution is -2.47. The van der Waals surface area contributed by atoms with E-state index < -0.39 is 5.54 Å². The maximum Gasteiger partial charge on any atom is 0.244 e. The third kappa shape index (κ3) is 2.45. The minimum Gasteiger partial charge on any atom is -0.324 e. The summed E-state index contributed by atoms with van der Waals surface area (Å²) in [6.07, 6.45) is 1.53. The molecule has 1 amide bonds. The van der Waals surface area contributed by atoms with E-state index in [4.69, 9.17) is 5.73 Å². The fourth-order valence-corrected chi connectivity index (χ4v) is 2.66. The number of hydrogen-bond donors (Lipinski definition) is 2. The molecule has 0 spiro atoms. The molecular formula is C18H20N2O. The van der Waals surface area contributed by atoms with Gasteiger partial charge in [0.1, 0.15) is 0 Å². The molecule has 1 unspecified atom stereocenters. The molecule has 3 heteroatoms. The van der Waals surface area contributed by atoms with E-state index in [0.29, 0.717) is 6.42 Å². The molecule has 3 nitrogen and oxygen atoms in total. The first-order chi connectivity index (χ1) is 10.0. The van der Waals surface area contributed by atoms with Crippen molar-refractivity contribution < 1.29 is 4.79 Å². The molecule has 0 saturated carbocycles. The number of nitrogens with one attached hydrogen (secondary N) is 1. The van der Waals surface area contributed by atoms with Gasteiger partial charge in [-0.2, -0.15) is 0 Å². The van der Waals surface area contributed by atoms with E-state index in [-0.39, 0.29) is 5.91 Å². The second-order valence-electron chi connectivity index (χ2n) is 5.93. The standard InChI is InChI=1S/C18H20N2O/c1-3-18(2,19)17(21)20-14-8-9-16-13(11-14)10-12-6-4-5-7-15(12)16/h4-9,11H,3,10,19H2,1-2H3,(H,20,21). The minimum absolute atomic E-state index is 0.138. The van der Waals surface area contributed by atoms with Gasteiger partial charge in [0, 0.05) is 5.69 Å². The molecule has 2 aromatic rings. The molecule has 1 aliphatic carbocycles. The van der Waals surface area contributed by atoms with E-state index >= 15 is 0 Å². The first kappa shape index (κ1) is 13.8. The number of nitrogens with two attached hydrogens (primary N) is 1. The second kappa shape index (κ2) is 5.01. The van der Waals surface area contributed by atoms with Crippen molar-refractivity contribution in [1.82, 2.24) is 0 Å². The Labute approximate surface area is 125 Å². The summed E-state index contributed by atoms with van der Waals surface area (Å²) < 4.78 is 0. The van der Waals surface area contributed by atoms with Crippen LogP contribution >= 0.6 is 0 Å². The lowest BCUT2D eigenvalue weighted by molar-refractivity contribution is -0.120. The highest BCUT2D eigenvalue weighted by Gasteiger charge is 2.26. The molecule has 0 aromatic heterocycles. The van der Waals surface area contributed by atoms with Crippen molar-refractivity contribution in [3.05, 3.63) is 53.6 Å². The predicted molar refractivity (Wildman–Crippen MR) is 86.2 cm³/mol. The molecule has 3 rings (SSSR count). The zero-order valence-electron chi connectivity index (χ0n) is 12.4. The van der Waals surface area contributed by atoms with Gasteiger partial charge in [-0.1, -0.05) is 37.3 Å². The fraction of sp³-hybridized carbons (Fsp3) is 0.278. The summed E-state index contributed by atoms with van der Waals surface area (Å²) in [7, 11) is 0. The largest absolute Gasteiger partial charge is 0.324 e. The number of amides is 1. The zero-order valence-corrected chi connectivity index (χ0v) is 12.4. The van der Waals surface area contributed by atoms with Crippen LogP contribution in [0.1, 0.15) is 31.4 Å². The molecule has 3 N–H and O–H groups in total. The van der Waals surface area contributed by atoms with E-state index in [2.05, 4.69) is 41.7 Å². The molecule has 0 bridgehead atoms. The van der Waals surface area contributed by atoms with Crippen LogP contribution in [0.5, 0.6) is 0 Å². The molecule has 1 atom stereocenters. The molecule has 108 valence electrons. The minimum atomic E-state index is -0.831. The molecule has 1 aliphatic rings. The average Bonchev–Trinajstić information content (AvgIpc) is 2.84. The van der Waals surface area contributed by atoms with E-state index in [1.165, 1.54) is 22.3 Å². The van der Waals surface area contributed by atoms with Gasteiger partial charge in [-0.15, -0.1) is 0 Å². The van der Waals surface area contributed by atoms with Crippen LogP contribution < -0.4 is 11.1 Å². The van der Waals surface area contributed by atoms with Crippen LogP contribution in [0.15, 0.2) is 42.5 Å². The molecule has 21 heavy (non-hydrogen) atoms. The summed E-state index contributed by atoms with van der Waals surface area (Å²) in [5.74, 6) is -0.138. The van der Waals surface area contributed by atoms with Crippen LogP contribution in [0, 0.1) is 0 Å². The number of carbonyl (C=O) groups excluding carboxylic acids is 1. The normalized spacial score (nSPS) is 15.0. The highest BCUT2D eigenvalue weighted by Crippen LogP contribution is 2.37. The summed E-state index contributed by atoms with van der Waals surface area (Å²) in [5, 5.41) is 2.93. The van der Waals surface area contributed by atoms with E-state index in [9.17, 15) is 4.79 Å². The number of anilines is 1. The number of hydrogen-bond acceptors (Lipinski definition) is 2. The van der Waals surface area contributed by atoms with Crippen molar-refractivity contribution in [2.24, 2.45) is 5.73 Å². The van der Waals surface area contributed by atoms with Gasteiger partial charge in [0.05, 0.1) is 5.54 Å². The van der Waals surface area contributed by atoms with Gasteiger partial charge in [-0.3, -0.25) is 4.79 Å². The first-order valence-corrected chi connectivity index (χ1v) is 7.33. The quantitative estimate of drug-likeness (QED) is 0.773. The summed E-state index contributed by atoms with van der Waals surface area (Å²) in [6.45, 7) is 3.67. The van der Waals surface area contributed by atoms with Crippen LogP contribution in [0.3, 0.4) is 0 Å². The van der Waals surface area contributed by atoms with Gasteiger partial charge in [-0.25, -0.2) is 0 Å². The van der Waals surface area contributed by atoms with Crippen LogP contribution in [0.2, 0.25) is 0 Å². The monoisotopic (exact) mass is 280 g/mol. The number of carbonyl (C=O) groups is 1. The van der Waals surface area contributed by atoms with Crippen LogP contribution in [0.4, 0.5) is 5.69 Å². The Morgan fingerprint density at radius 2 is 1.90 bits per heavy atom. The van der Waals surface area contributed by atoms with Crippen LogP contribution in [0.25, 0.3) is 11.1 Å². The molecular weight excluding hydrogens is 260 g/mol. The Morgan fingerprint density at radius 1 is 1.19 bits per heavy atom. The summed E-state index contributed by atoms with van der Waals surface area (Å²) >= 11 is 0. The maximum atomic E-state index is 12.1. The smallest absolute Gasteiger partial charge is 0.244 e. The number of fused-ring (bicyclic) bond motifs is 3. The van der Waals surface area contributed by atoms with E-state index in [1.807, 2.05) is 13.0 Å². The van der Waals surface area contributed by atoms with Gasteiger partial charge in [0.25, 0.3) is 0 Å². The summed E-state index contributed by atoms with van der Waals surface area (Å²) in [5.41, 5.74) is 11.1. The summed E-state index contributed by atoms with van der Waals surface area (Å²) in [6, 6.07) is 14.5. The van der Waals surface area contributed by atoms with Crippen molar-refractivity contribution in [1.29, 1.82) is 0 Å². The third-order valence-corrected chi connectivity index (χ3v) is 4.30. The zero-order chi connectivity index (χ0) is 15.0. The Bertz CT molecular complexity index is 704. The molecule has 2 aromatic carbocycles. The van der Waals surface area contributed by atoms with Crippen molar-refractivity contribution in [3.63, 3.8) is 0 Å². The average molecular weight is 280 g/mol. The van der Waals surface area contributed by atoms with Crippen molar-refractivity contribution in [2.75, 3.05) is 5.32 Å². The molecule has 0 radical (unpaired) electrons. The molecule has 0 fully saturated rings. The maximum absolute atomic E-state index is 12.1. The lowest BCUT2D eigenvalue weighted by Gasteiger charge is -2.21. The Balaban J connectivity index is 1.86. The molecule has 0 heterocycles. The fourth-order valence-electron chi connectivity index (χ4n) is 2.66. The highest BCUT2D eigenvalue weighted by molar-refractivity contribution is 5.98. The number of rotatable bonds is 3. The predicted octanol–water partition coefficient (Wildman–Crippen LogP) is 3.32. The van der Waals surface area contributed by atoms with E-state index in [1.54, 1.807) is 6.92 Å². The van der Waals surface area contributed by atoms with Crippen molar-refractivity contribution >= 4 is 11.6 Å².